The van der Waals surface area contributed by atoms with Gasteiger partial charge in [0.1, 0.15) is 0 Å². The van der Waals surface area contributed by atoms with Crippen LogP contribution in [0.2, 0.25) is 0 Å². The quantitative estimate of drug-likeness (QED) is 0.0852. The van der Waals surface area contributed by atoms with Crippen LogP contribution in [-0.2, 0) is 4.79 Å². The van der Waals surface area contributed by atoms with Crippen LogP contribution in [0.25, 0.3) is 0 Å². The van der Waals surface area contributed by atoms with E-state index >= 15 is 0 Å². The highest BCUT2D eigenvalue weighted by Gasteiger charge is 2.45. The normalized spacial score (nSPS) is 33.9. The first kappa shape index (κ1) is 35.4. The number of hydrogen-bond donors (Lipinski definition) is 7. The molecule has 8 N–H and O–H groups in total. The smallest absolute Gasteiger partial charge is 0.309 e. The summed E-state index contributed by atoms with van der Waals surface area (Å²) in [6.07, 6.45) is 18.8. The summed E-state index contributed by atoms with van der Waals surface area (Å²) in [6, 6.07) is 0. The van der Waals surface area contributed by atoms with Gasteiger partial charge in [0.2, 0.25) is 0 Å². The molecule has 0 aromatic rings. The van der Waals surface area contributed by atoms with Crippen LogP contribution in [0.15, 0.2) is 12.2 Å². The third-order valence-corrected chi connectivity index (χ3v) is 10.8. The lowest BCUT2D eigenvalue weighted by molar-refractivity contribution is -0.147. The molecule has 1 saturated carbocycles. The third kappa shape index (κ3) is 11.2. The van der Waals surface area contributed by atoms with Gasteiger partial charge in [-0.2, -0.15) is 0 Å². The highest BCUT2D eigenvalue weighted by Crippen LogP contribution is 2.45. The van der Waals surface area contributed by atoms with Crippen LogP contribution in [0.3, 0.4) is 0 Å². The lowest BCUT2D eigenvalue weighted by atomic mass is 9.77. The number of allylic oxidation sites excluding steroid dienone is 1. The number of piperidine rings is 1. The number of aliphatic carboxylic acids is 1. The van der Waals surface area contributed by atoms with Gasteiger partial charge in [0.05, 0.1) is 29.9 Å². The van der Waals surface area contributed by atoms with Gasteiger partial charge in [-0.25, -0.2) is 0 Å². The Morgan fingerprint density at radius 1 is 1.10 bits per heavy atom. The van der Waals surface area contributed by atoms with Gasteiger partial charge >= 0.3 is 5.97 Å². The fourth-order valence-electron chi connectivity index (χ4n) is 8.20. The molecule has 2 fully saturated rings. The first-order valence-electron chi connectivity index (χ1n) is 17.3. The zero-order valence-corrected chi connectivity index (χ0v) is 26.6. The van der Waals surface area contributed by atoms with Crippen molar-refractivity contribution in [1.29, 1.82) is 0 Å². The van der Waals surface area contributed by atoms with E-state index in [1.807, 2.05) is 7.05 Å². The Morgan fingerprint density at radius 3 is 2.57 bits per heavy atom. The highest BCUT2D eigenvalue weighted by molar-refractivity contribution is 5.70. The van der Waals surface area contributed by atoms with E-state index < -0.39 is 23.6 Å². The van der Waals surface area contributed by atoms with Crippen LogP contribution < -0.4 is 16.4 Å². The Kier molecular flexibility index (Phi) is 15.2. The van der Waals surface area contributed by atoms with Gasteiger partial charge in [0, 0.05) is 18.4 Å². The first-order chi connectivity index (χ1) is 20.1. The Bertz CT molecular complexity index is 812. The lowest BCUT2D eigenvalue weighted by Crippen LogP contribution is -2.45. The molecule has 10 unspecified atom stereocenters. The third-order valence-electron chi connectivity index (χ3n) is 10.8. The van der Waals surface area contributed by atoms with E-state index in [1.165, 1.54) is 19.3 Å². The monoisotopic (exact) mass is 593 g/mol. The maximum atomic E-state index is 12.2. The van der Waals surface area contributed by atoms with Gasteiger partial charge in [0.15, 0.2) is 0 Å². The molecule has 0 aromatic carbocycles. The van der Waals surface area contributed by atoms with Crippen molar-refractivity contribution >= 4 is 5.97 Å². The number of unbranched alkanes of at least 4 members (excludes halogenated alkanes) is 4. The Labute approximate surface area is 255 Å². The van der Waals surface area contributed by atoms with Crippen molar-refractivity contribution in [3.05, 3.63) is 12.2 Å². The molecule has 3 aliphatic rings. The van der Waals surface area contributed by atoms with Crippen LogP contribution in [0.5, 0.6) is 0 Å². The standard InChI is InChI=1S/C34H63N3O5/c1-3-4-6-9-24-12-13-27(30(38)19-24)10-7-5-8-11-29(33(40)41)31(39)21-28(23-36-2)34(42)16-14-26(22-34)18-25-15-17-37-32(35)20-25/h12-13,24-32,36-39,42H,3-11,14-23,35H2,1-2H3,(H,40,41). The van der Waals surface area contributed by atoms with Crippen molar-refractivity contribution in [2.24, 2.45) is 41.2 Å². The van der Waals surface area contributed by atoms with Crippen molar-refractivity contribution in [2.75, 3.05) is 20.1 Å². The molecule has 8 heteroatoms. The van der Waals surface area contributed by atoms with Gasteiger partial charge in [0.25, 0.3) is 0 Å². The fourth-order valence-corrected chi connectivity index (χ4v) is 8.20. The summed E-state index contributed by atoms with van der Waals surface area (Å²) in [5.74, 6) is -0.254. The number of aliphatic hydroxyl groups excluding tert-OH is 2. The minimum absolute atomic E-state index is 0.0627. The van der Waals surface area contributed by atoms with E-state index in [2.05, 4.69) is 29.7 Å². The van der Waals surface area contributed by atoms with Gasteiger partial charge in [-0.1, -0.05) is 57.6 Å². The zero-order chi connectivity index (χ0) is 30.5. The molecule has 42 heavy (non-hydrogen) atoms. The Balaban J connectivity index is 1.43. The first-order valence-corrected chi connectivity index (χ1v) is 17.3. The van der Waals surface area contributed by atoms with Gasteiger partial charge in [-0.15, -0.1) is 0 Å². The van der Waals surface area contributed by atoms with E-state index in [4.69, 9.17) is 5.73 Å². The van der Waals surface area contributed by atoms with Crippen molar-refractivity contribution in [1.82, 2.24) is 10.6 Å². The SMILES string of the molecule is CCCCCC1C=CC(CCCCCC(C(=O)O)C(O)CC(CNC)C2(O)CCC(CC3CCNC(N)C3)C2)C(O)C1. The predicted octanol–water partition coefficient (Wildman–Crippen LogP) is 4.56. The molecule has 0 aromatic heterocycles. The number of aliphatic hydroxyl groups is 3. The summed E-state index contributed by atoms with van der Waals surface area (Å²) in [6.45, 7) is 3.72. The summed E-state index contributed by atoms with van der Waals surface area (Å²) in [4.78, 5) is 12.2. The average molecular weight is 594 g/mol. The second kappa shape index (κ2) is 18.1. The Morgan fingerprint density at radius 2 is 1.88 bits per heavy atom. The van der Waals surface area contributed by atoms with E-state index in [-0.39, 0.29) is 30.5 Å². The molecule has 1 heterocycles. The molecule has 244 valence electrons. The number of nitrogens with one attached hydrogen (secondary N) is 2. The molecule has 1 aliphatic heterocycles. The summed E-state index contributed by atoms with van der Waals surface area (Å²) in [5.41, 5.74) is 5.22. The Hall–Kier alpha value is -1.03. The second-order valence-corrected chi connectivity index (χ2v) is 14.1. The molecule has 10 atom stereocenters. The molecule has 0 bridgehead atoms. The molecule has 0 amide bonds. The highest BCUT2D eigenvalue weighted by atomic mass is 16.4. The maximum Gasteiger partial charge on any atom is 0.309 e. The maximum absolute atomic E-state index is 12.2. The molecule has 8 nitrogen and oxygen atoms in total. The molecule has 0 radical (unpaired) electrons. The van der Waals surface area contributed by atoms with Crippen LogP contribution in [-0.4, -0.2) is 70.5 Å². The number of carbonyl (C=O) groups is 1. The van der Waals surface area contributed by atoms with Crippen LogP contribution in [0.1, 0.15) is 116 Å². The van der Waals surface area contributed by atoms with Crippen LogP contribution >= 0.6 is 0 Å². The van der Waals surface area contributed by atoms with E-state index in [0.29, 0.717) is 43.6 Å². The topological polar surface area (TPSA) is 148 Å². The van der Waals surface area contributed by atoms with Gasteiger partial charge in [-0.05, 0) is 102 Å². The van der Waals surface area contributed by atoms with Crippen molar-refractivity contribution in [3.63, 3.8) is 0 Å². The van der Waals surface area contributed by atoms with Crippen molar-refractivity contribution in [3.8, 4) is 0 Å². The number of carboxylic acids is 1. The lowest BCUT2D eigenvalue weighted by Gasteiger charge is -2.36. The largest absolute Gasteiger partial charge is 0.481 e. The van der Waals surface area contributed by atoms with E-state index in [9.17, 15) is 25.2 Å². The zero-order valence-electron chi connectivity index (χ0n) is 26.6. The number of hydrogen-bond acceptors (Lipinski definition) is 7. The molecule has 3 rings (SSSR count). The predicted molar refractivity (Wildman–Crippen MR) is 169 cm³/mol. The van der Waals surface area contributed by atoms with Crippen LogP contribution in [0, 0.1) is 35.5 Å². The van der Waals surface area contributed by atoms with Gasteiger partial charge in [-0.3, -0.25) is 4.79 Å². The van der Waals surface area contributed by atoms with Crippen LogP contribution in [0.4, 0.5) is 0 Å². The number of rotatable bonds is 19. The van der Waals surface area contributed by atoms with Crippen molar-refractivity contribution < 1.29 is 25.2 Å². The molecular formula is C34H63N3O5. The minimum atomic E-state index is -0.987. The summed E-state index contributed by atoms with van der Waals surface area (Å²) < 4.78 is 0. The summed E-state index contributed by atoms with van der Waals surface area (Å²) in [5, 5.41) is 49.9. The number of carboxylic acid groups (broad SMARTS) is 1. The van der Waals surface area contributed by atoms with Crippen molar-refractivity contribution in [2.45, 2.75) is 140 Å². The van der Waals surface area contributed by atoms with E-state index in [0.717, 1.165) is 70.8 Å². The number of nitrogens with two attached hydrogens (primary N) is 1. The minimum Gasteiger partial charge on any atom is -0.481 e. The molecule has 1 saturated heterocycles. The average Bonchev–Trinajstić information content (AvgIpc) is 3.32. The molecular weight excluding hydrogens is 530 g/mol. The second-order valence-electron chi connectivity index (χ2n) is 14.1. The summed E-state index contributed by atoms with van der Waals surface area (Å²) in [7, 11) is 1.85. The summed E-state index contributed by atoms with van der Waals surface area (Å²) >= 11 is 0. The molecule has 0 spiro atoms. The fraction of sp³-hybridized carbons (Fsp3) is 0.912. The van der Waals surface area contributed by atoms with E-state index in [1.54, 1.807) is 0 Å². The van der Waals surface area contributed by atoms with Gasteiger partial charge < -0.3 is 36.8 Å². The molecule has 2 aliphatic carbocycles.